The van der Waals surface area contributed by atoms with Crippen LogP contribution in [0.3, 0.4) is 0 Å². The fourth-order valence-corrected chi connectivity index (χ4v) is 3.20. The Morgan fingerprint density at radius 2 is 1.88 bits per heavy atom. The molecule has 24 heavy (non-hydrogen) atoms. The summed E-state index contributed by atoms with van der Waals surface area (Å²) in [5.41, 5.74) is 1.92. The van der Waals surface area contributed by atoms with Crippen LogP contribution in [0.15, 0.2) is 51.4 Å². The van der Waals surface area contributed by atoms with Crippen molar-refractivity contribution in [2.24, 2.45) is 0 Å². The summed E-state index contributed by atoms with van der Waals surface area (Å²) in [5.74, 6) is -0.358. The van der Waals surface area contributed by atoms with E-state index in [0.717, 1.165) is 14.6 Å². The Kier molecular flexibility index (Phi) is 6.81. The summed E-state index contributed by atoms with van der Waals surface area (Å²) in [6.45, 7) is 2.53. The standard InChI is InChI=1S/C17H17Br2N3O2/c1-2-20-17(24)11-4-3-5-13(8-11)22-16(23)10-21-15-7-6-12(18)9-14(15)19/h3-9,21H,2,10H2,1H3,(H,20,24)(H,22,23). The highest BCUT2D eigenvalue weighted by Gasteiger charge is 2.08. The van der Waals surface area contributed by atoms with Crippen molar-refractivity contribution in [3.05, 3.63) is 57.0 Å². The summed E-state index contributed by atoms with van der Waals surface area (Å²) in [4.78, 5) is 23.9. The van der Waals surface area contributed by atoms with Crippen molar-refractivity contribution in [1.29, 1.82) is 0 Å². The number of hydrogen-bond donors (Lipinski definition) is 3. The first-order valence-electron chi connectivity index (χ1n) is 7.36. The molecular formula is C17H17Br2N3O2. The van der Waals surface area contributed by atoms with E-state index in [1.54, 1.807) is 24.3 Å². The molecule has 0 bridgehead atoms. The van der Waals surface area contributed by atoms with Crippen molar-refractivity contribution in [1.82, 2.24) is 5.32 Å². The number of nitrogens with one attached hydrogen (secondary N) is 3. The van der Waals surface area contributed by atoms with Gasteiger partial charge in [-0.05, 0) is 59.3 Å². The number of hydrogen-bond acceptors (Lipinski definition) is 3. The van der Waals surface area contributed by atoms with E-state index < -0.39 is 0 Å². The molecule has 0 aliphatic carbocycles. The molecule has 0 saturated carbocycles. The minimum atomic E-state index is -0.196. The predicted molar refractivity (Wildman–Crippen MR) is 103 cm³/mol. The van der Waals surface area contributed by atoms with Crippen LogP contribution in [-0.4, -0.2) is 24.9 Å². The molecule has 2 aromatic rings. The van der Waals surface area contributed by atoms with Gasteiger partial charge in [-0.3, -0.25) is 9.59 Å². The first-order chi connectivity index (χ1) is 11.5. The van der Waals surface area contributed by atoms with E-state index in [2.05, 4.69) is 47.8 Å². The molecule has 126 valence electrons. The Balaban J connectivity index is 1.95. The third-order valence-electron chi connectivity index (χ3n) is 3.12. The van der Waals surface area contributed by atoms with Crippen LogP contribution < -0.4 is 16.0 Å². The lowest BCUT2D eigenvalue weighted by molar-refractivity contribution is -0.114. The van der Waals surface area contributed by atoms with E-state index in [9.17, 15) is 9.59 Å². The van der Waals surface area contributed by atoms with Gasteiger partial charge in [0.1, 0.15) is 0 Å². The molecule has 0 spiro atoms. The third kappa shape index (κ3) is 5.35. The van der Waals surface area contributed by atoms with Gasteiger partial charge in [0.25, 0.3) is 5.91 Å². The maximum Gasteiger partial charge on any atom is 0.251 e. The number of carbonyl (C=O) groups excluding carboxylic acids is 2. The molecule has 3 N–H and O–H groups in total. The monoisotopic (exact) mass is 453 g/mol. The quantitative estimate of drug-likeness (QED) is 0.617. The highest BCUT2D eigenvalue weighted by molar-refractivity contribution is 9.11. The average molecular weight is 455 g/mol. The lowest BCUT2D eigenvalue weighted by atomic mass is 10.2. The van der Waals surface area contributed by atoms with Crippen LogP contribution in [0, 0.1) is 0 Å². The number of rotatable bonds is 6. The third-order valence-corrected chi connectivity index (χ3v) is 4.27. The number of anilines is 2. The highest BCUT2D eigenvalue weighted by Crippen LogP contribution is 2.25. The molecule has 0 saturated heterocycles. The van der Waals surface area contributed by atoms with Crippen LogP contribution in [0.1, 0.15) is 17.3 Å². The molecule has 2 amide bonds. The topological polar surface area (TPSA) is 70.2 Å². The Labute approximate surface area is 157 Å². The highest BCUT2D eigenvalue weighted by atomic mass is 79.9. The number of benzene rings is 2. The Hall–Kier alpha value is -1.86. The molecular weight excluding hydrogens is 438 g/mol. The second-order valence-corrected chi connectivity index (χ2v) is 6.74. The van der Waals surface area contributed by atoms with Crippen molar-refractivity contribution >= 4 is 55.0 Å². The van der Waals surface area contributed by atoms with E-state index in [0.29, 0.717) is 17.8 Å². The van der Waals surface area contributed by atoms with Crippen LogP contribution in [0.4, 0.5) is 11.4 Å². The van der Waals surface area contributed by atoms with Gasteiger partial charge in [0.2, 0.25) is 5.91 Å². The van der Waals surface area contributed by atoms with Crippen LogP contribution in [0.25, 0.3) is 0 Å². The lowest BCUT2D eigenvalue weighted by Crippen LogP contribution is -2.24. The predicted octanol–water partition coefficient (Wildman–Crippen LogP) is 4.01. The van der Waals surface area contributed by atoms with E-state index in [4.69, 9.17) is 0 Å². The normalized spacial score (nSPS) is 10.1. The Morgan fingerprint density at radius 3 is 2.58 bits per heavy atom. The molecule has 0 aliphatic rings. The fourth-order valence-electron chi connectivity index (χ4n) is 2.01. The van der Waals surface area contributed by atoms with E-state index in [1.807, 2.05) is 25.1 Å². The number of amides is 2. The summed E-state index contributed by atoms with van der Waals surface area (Å²) in [5, 5.41) is 8.56. The van der Waals surface area contributed by atoms with E-state index >= 15 is 0 Å². The number of halogens is 2. The summed E-state index contributed by atoms with van der Waals surface area (Å²) in [6.07, 6.45) is 0. The second kappa shape index (κ2) is 8.84. The lowest BCUT2D eigenvalue weighted by Gasteiger charge is -2.10. The second-order valence-electron chi connectivity index (χ2n) is 4.97. The maximum absolute atomic E-state index is 12.1. The zero-order chi connectivity index (χ0) is 17.5. The van der Waals surface area contributed by atoms with Crippen LogP contribution in [-0.2, 0) is 4.79 Å². The molecule has 0 unspecified atom stereocenters. The first kappa shape index (κ1) is 18.5. The van der Waals surface area contributed by atoms with E-state index in [-0.39, 0.29) is 18.4 Å². The van der Waals surface area contributed by atoms with Crippen LogP contribution >= 0.6 is 31.9 Å². The summed E-state index contributed by atoms with van der Waals surface area (Å²) < 4.78 is 1.81. The van der Waals surface area contributed by atoms with Gasteiger partial charge in [-0.1, -0.05) is 22.0 Å². The average Bonchev–Trinajstić information content (AvgIpc) is 2.54. The molecule has 2 rings (SSSR count). The number of carbonyl (C=O) groups is 2. The van der Waals surface area contributed by atoms with Crippen molar-refractivity contribution in [3.63, 3.8) is 0 Å². The molecule has 0 heterocycles. The minimum Gasteiger partial charge on any atom is -0.375 e. The molecule has 0 radical (unpaired) electrons. The van der Waals surface area contributed by atoms with Crippen molar-refractivity contribution < 1.29 is 9.59 Å². The van der Waals surface area contributed by atoms with Crippen molar-refractivity contribution in [3.8, 4) is 0 Å². The zero-order valence-corrected chi connectivity index (χ0v) is 16.2. The fraction of sp³-hybridized carbons (Fsp3) is 0.176. The smallest absolute Gasteiger partial charge is 0.251 e. The van der Waals surface area contributed by atoms with Crippen molar-refractivity contribution in [2.45, 2.75) is 6.92 Å². The largest absolute Gasteiger partial charge is 0.375 e. The van der Waals surface area contributed by atoms with Crippen LogP contribution in [0.2, 0.25) is 0 Å². The van der Waals surface area contributed by atoms with Gasteiger partial charge in [-0.15, -0.1) is 0 Å². The summed E-state index contributed by atoms with van der Waals surface area (Å²) >= 11 is 6.82. The molecule has 7 heteroatoms. The van der Waals surface area contributed by atoms with Gasteiger partial charge < -0.3 is 16.0 Å². The maximum atomic E-state index is 12.1. The molecule has 0 aromatic heterocycles. The van der Waals surface area contributed by atoms with Crippen LogP contribution in [0.5, 0.6) is 0 Å². The molecule has 2 aromatic carbocycles. The SMILES string of the molecule is CCNC(=O)c1cccc(NC(=O)CNc2ccc(Br)cc2Br)c1. The van der Waals surface area contributed by atoms with Gasteiger partial charge in [-0.2, -0.15) is 0 Å². The zero-order valence-electron chi connectivity index (χ0n) is 13.0. The van der Waals surface area contributed by atoms with E-state index in [1.165, 1.54) is 0 Å². The van der Waals surface area contributed by atoms with Gasteiger partial charge in [-0.25, -0.2) is 0 Å². The van der Waals surface area contributed by atoms with Gasteiger partial charge in [0.05, 0.1) is 6.54 Å². The van der Waals surface area contributed by atoms with Gasteiger partial charge >= 0.3 is 0 Å². The molecule has 0 atom stereocenters. The molecule has 0 aliphatic heterocycles. The summed E-state index contributed by atoms with van der Waals surface area (Å²) in [6, 6.07) is 12.5. The Bertz CT molecular complexity index is 750. The van der Waals surface area contributed by atoms with Crippen molar-refractivity contribution in [2.75, 3.05) is 23.7 Å². The summed E-state index contributed by atoms with van der Waals surface area (Å²) in [7, 11) is 0. The first-order valence-corrected chi connectivity index (χ1v) is 8.95. The molecule has 0 fully saturated rings. The Morgan fingerprint density at radius 1 is 1.08 bits per heavy atom. The minimum absolute atomic E-state index is 0.117. The van der Waals surface area contributed by atoms with Gasteiger partial charge in [0, 0.05) is 32.4 Å². The van der Waals surface area contributed by atoms with Gasteiger partial charge in [0.15, 0.2) is 0 Å². The molecule has 5 nitrogen and oxygen atoms in total.